The van der Waals surface area contributed by atoms with Gasteiger partial charge in [-0.15, -0.1) is 0 Å². The van der Waals surface area contributed by atoms with Crippen LogP contribution in [-0.4, -0.2) is 15.0 Å². The van der Waals surface area contributed by atoms with Crippen LogP contribution in [0.5, 0.6) is 11.5 Å². The molecule has 4 heteroatoms. The molecule has 0 bridgehead atoms. The van der Waals surface area contributed by atoms with Crippen molar-refractivity contribution in [1.82, 2.24) is 15.0 Å². The van der Waals surface area contributed by atoms with Crippen LogP contribution in [0.4, 0.5) is 0 Å². The van der Waals surface area contributed by atoms with E-state index in [1.165, 1.54) is 22.3 Å². The fourth-order valence-corrected chi connectivity index (χ4v) is 6.51. The number of ether oxygens (including phenoxy) is 1. The largest absolute Gasteiger partial charge is 0.455 e. The van der Waals surface area contributed by atoms with Gasteiger partial charge in [0.05, 0.1) is 5.56 Å². The molecule has 0 atom stereocenters. The van der Waals surface area contributed by atoms with Crippen LogP contribution in [0.15, 0.2) is 164 Å². The Morgan fingerprint density at radius 1 is 0.340 bits per heavy atom. The van der Waals surface area contributed by atoms with Gasteiger partial charge in [-0.25, -0.2) is 15.0 Å². The third kappa shape index (κ3) is 4.75. The molecule has 0 fully saturated rings. The molecular formula is C43H27N3O. The average molecular weight is 602 g/mol. The molecular weight excluding hydrogens is 574 g/mol. The van der Waals surface area contributed by atoms with E-state index >= 15 is 0 Å². The molecule has 0 unspecified atom stereocenters. The maximum absolute atomic E-state index is 6.81. The van der Waals surface area contributed by atoms with Crippen molar-refractivity contribution in [2.45, 2.75) is 0 Å². The molecule has 8 aromatic rings. The van der Waals surface area contributed by atoms with E-state index in [-0.39, 0.29) is 0 Å². The van der Waals surface area contributed by atoms with E-state index in [1.54, 1.807) is 0 Å². The second-order valence-electron chi connectivity index (χ2n) is 11.6. The van der Waals surface area contributed by atoms with Gasteiger partial charge in [0.15, 0.2) is 17.5 Å². The SMILES string of the molecule is c1ccc(-c2cccc(-c3ccc4c5c(cccc35)-c3cccc(-c5nc(-c6ccccc6)nc(-c6ccccc6)n5)c3O4)c2)cc1. The molecule has 1 aliphatic rings. The summed E-state index contributed by atoms with van der Waals surface area (Å²) in [5.41, 5.74) is 9.55. The Kier molecular flexibility index (Phi) is 6.43. The van der Waals surface area contributed by atoms with Crippen LogP contribution >= 0.6 is 0 Å². The third-order valence-corrected chi connectivity index (χ3v) is 8.74. The van der Waals surface area contributed by atoms with Crippen molar-refractivity contribution in [3.63, 3.8) is 0 Å². The van der Waals surface area contributed by atoms with Gasteiger partial charge in [-0.3, -0.25) is 0 Å². The second kappa shape index (κ2) is 11.2. The average Bonchev–Trinajstić information content (AvgIpc) is 3.16. The van der Waals surface area contributed by atoms with Crippen LogP contribution in [0, 0.1) is 0 Å². The van der Waals surface area contributed by atoms with Gasteiger partial charge in [-0.2, -0.15) is 0 Å². The minimum Gasteiger partial charge on any atom is -0.455 e. The second-order valence-corrected chi connectivity index (χ2v) is 11.6. The molecule has 9 rings (SSSR count). The lowest BCUT2D eigenvalue weighted by Crippen LogP contribution is -2.03. The molecule has 4 nitrogen and oxygen atoms in total. The Morgan fingerprint density at radius 3 is 1.57 bits per heavy atom. The molecule has 47 heavy (non-hydrogen) atoms. The van der Waals surface area contributed by atoms with Crippen LogP contribution in [-0.2, 0) is 0 Å². The highest BCUT2D eigenvalue weighted by Gasteiger charge is 2.26. The van der Waals surface area contributed by atoms with Gasteiger partial charge in [0, 0.05) is 22.1 Å². The number of nitrogens with zero attached hydrogens (tertiary/aromatic N) is 3. The van der Waals surface area contributed by atoms with Crippen LogP contribution < -0.4 is 4.74 Å². The van der Waals surface area contributed by atoms with E-state index in [2.05, 4.69) is 91.0 Å². The van der Waals surface area contributed by atoms with Crippen molar-refractivity contribution in [1.29, 1.82) is 0 Å². The lowest BCUT2D eigenvalue weighted by molar-refractivity contribution is 0.488. The first kappa shape index (κ1) is 27.0. The Bertz CT molecular complexity index is 2370. The van der Waals surface area contributed by atoms with Gasteiger partial charge in [-0.1, -0.05) is 146 Å². The van der Waals surface area contributed by atoms with Crippen molar-refractivity contribution >= 4 is 10.8 Å². The normalized spacial score (nSPS) is 11.6. The first-order valence-corrected chi connectivity index (χ1v) is 15.7. The summed E-state index contributed by atoms with van der Waals surface area (Å²) < 4.78 is 6.81. The highest BCUT2D eigenvalue weighted by atomic mass is 16.5. The summed E-state index contributed by atoms with van der Waals surface area (Å²) in [6.07, 6.45) is 0. The summed E-state index contributed by atoms with van der Waals surface area (Å²) in [6.45, 7) is 0. The molecule has 0 amide bonds. The number of aromatic nitrogens is 3. The van der Waals surface area contributed by atoms with Gasteiger partial charge in [0.2, 0.25) is 0 Å². The van der Waals surface area contributed by atoms with E-state index in [9.17, 15) is 0 Å². The van der Waals surface area contributed by atoms with Crippen LogP contribution in [0.25, 0.3) is 78.3 Å². The number of benzene rings is 7. The predicted molar refractivity (Wildman–Crippen MR) is 190 cm³/mol. The molecule has 2 heterocycles. The molecule has 1 aromatic heterocycles. The van der Waals surface area contributed by atoms with E-state index in [4.69, 9.17) is 19.7 Å². The Hall–Kier alpha value is -6.39. The number of fused-ring (bicyclic) bond motifs is 2. The van der Waals surface area contributed by atoms with E-state index in [1.807, 2.05) is 72.8 Å². The molecule has 0 saturated carbocycles. The van der Waals surface area contributed by atoms with Crippen molar-refractivity contribution in [2.75, 3.05) is 0 Å². The zero-order valence-corrected chi connectivity index (χ0v) is 25.3. The molecule has 0 radical (unpaired) electrons. The summed E-state index contributed by atoms with van der Waals surface area (Å²) in [5, 5.41) is 2.25. The summed E-state index contributed by atoms with van der Waals surface area (Å²) in [4.78, 5) is 14.9. The molecule has 0 N–H and O–H groups in total. The number of rotatable bonds is 5. The molecule has 220 valence electrons. The van der Waals surface area contributed by atoms with E-state index in [0.29, 0.717) is 17.5 Å². The van der Waals surface area contributed by atoms with E-state index < -0.39 is 0 Å². The van der Waals surface area contributed by atoms with Crippen molar-refractivity contribution in [2.24, 2.45) is 0 Å². The highest BCUT2D eigenvalue weighted by molar-refractivity contribution is 6.10. The number of para-hydroxylation sites is 1. The van der Waals surface area contributed by atoms with Crippen LogP contribution in [0.3, 0.4) is 0 Å². The number of hydrogen-bond donors (Lipinski definition) is 0. The summed E-state index contributed by atoms with van der Waals surface area (Å²) in [7, 11) is 0. The minimum absolute atomic E-state index is 0.569. The fourth-order valence-electron chi connectivity index (χ4n) is 6.51. The molecule has 7 aromatic carbocycles. The van der Waals surface area contributed by atoms with Gasteiger partial charge < -0.3 is 4.74 Å². The summed E-state index contributed by atoms with van der Waals surface area (Å²) in [6, 6.07) is 56.3. The Morgan fingerprint density at radius 2 is 0.872 bits per heavy atom. The first-order valence-electron chi connectivity index (χ1n) is 15.7. The Balaban J connectivity index is 1.20. The predicted octanol–water partition coefficient (Wildman–Crippen LogP) is 11.1. The number of hydrogen-bond acceptors (Lipinski definition) is 4. The lowest BCUT2D eigenvalue weighted by atomic mass is 9.89. The van der Waals surface area contributed by atoms with Crippen LogP contribution in [0.2, 0.25) is 0 Å². The topological polar surface area (TPSA) is 47.9 Å². The van der Waals surface area contributed by atoms with E-state index in [0.717, 1.165) is 50.1 Å². The zero-order chi connectivity index (χ0) is 31.2. The molecule has 0 saturated heterocycles. The highest BCUT2D eigenvalue weighted by Crippen LogP contribution is 2.51. The van der Waals surface area contributed by atoms with Gasteiger partial charge >= 0.3 is 0 Å². The Labute approximate surface area is 272 Å². The lowest BCUT2D eigenvalue weighted by Gasteiger charge is -2.24. The quantitative estimate of drug-likeness (QED) is 0.197. The maximum Gasteiger partial charge on any atom is 0.167 e. The minimum atomic E-state index is 0.569. The van der Waals surface area contributed by atoms with Crippen molar-refractivity contribution in [3.05, 3.63) is 164 Å². The fraction of sp³-hybridized carbons (Fsp3) is 0. The van der Waals surface area contributed by atoms with Gasteiger partial charge in [0.25, 0.3) is 0 Å². The molecule has 1 aliphatic heterocycles. The van der Waals surface area contributed by atoms with Crippen molar-refractivity contribution < 1.29 is 4.74 Å². The van der Waals surface area contributed by atoms with Gasteiger partial charge in [-0.05, 0) is 51.4 Å². The monoisotopic (exact) mass is 601 g/mol. The molecule has 0 spiro atoms. The summed E-state index contributed by atoms with van der Waals surface area (Å²) >= 11 is 0. The zero-order valence-electron chi connectivity index (χ0n) is 25.3. The standard InChI is InChI=1S/C43H27N3O/c1-4-13-28(14-5-1)31-19-10-20-32(27-31)33-25-26-38-39-34(33)21-11-22-35(39)36-23-12-24-37(40(36)47-38)43-45-41(29-15-6-2-7-16-29)44-42(46-43)30-17-8-3-9-18-30/h1-27H. The van der Waals surface area contributed by atoms with Crippen molar-refractivity contribution in [3.8, 4) is 79.0 Å². The smallest absolute Gasteiger partial charge is 0.167 e. The molecule has 0 aliphatic carbocycles. The van der Waals surface area contributed by atoms with Crippen LogP contribution in [0.1, 0.15) is 0 Å². The maximum atomic E-state index is 6.81. The first-order chi connectivity index (χ1) is 23.3. The summed E-state index contributed by atoms with van der Waals surface area (Å²) in [5.74, 6) is 3.37. The third-order valence-electron chi connectivity index (χ3n) is 8.74. The van der Waals surface area contributed by atoms with Gasteiger partial charge in [0.1, 0.15) is 11.5 Å².